The van der Waals surface area contributed by atoms with E-state index in [1.165, 1.54) is 4.90 Å². The largest absolute Gasteiger partial charge is 0.457 e. The molecular formula is C16H14N2O2. The summed E-state index contributed by atoms with van der Waals surface area (Å²) in [4.78, 5) is 13.6. The molecule has 2 rings (SSSR count). The van der Waals surface area contributed by atoms with Gasteiger partial charge in [-0.15, -0.1) is 0 Å². The van der Waals surface area contributed by atoms with E-state index >= 15 is 0 Å². The van der Waals surface area contributed by atoms with Gasteiger partial charge in [0.1, 0.15) is 18.0 Å². The van der Waals surface area contributed by atoms with Crippen LogP contribution in [0.25, 0.3) is 0 Å². The molecule has 0 radical (unpaired) electrons. The predicted octanol–water partition coefficient (Wildman–Crippen LogP) is 3.07. The van der Waals surface area contributed by atoms with E-state index in [4.69, 9.17) is 10.00 Å². The van der Waals surface area contributed by atoms with E-state index in [0.717, 1.165) is 0 Å². The van der Waals surface area contributed by atoms with E-state index in [-0.39, 0.29) is 12.5 Å². The zero-order valence-electron chi connectivity index (χ0n) is 11.1. The normalized spacial score (nSPS) is 9.60. The Hall–Kier alpha value is -2.80. The highest BCUT2D eigenvalue weighted by atomic mass is 16.5. The molecule has 0 saturated heterocycles. The third-order valence-corrected chi connectivity index (χ3v) is 2.74. The maximum atomic E-state index is 12.2. The summed E-state index contributed by atoms with van der Waals surface area (Å²) >= 11 is 0. The fourth-order valence-electron chi connectivity index (χ4n) is 1.73. The molecule has 4 nitrogen and oxygen atoms in total. The molecule has 0 N–H and O–H groups in total. The lowest BCUT2D eigenvalue weighted by atomic mass is 10.1. The molecule has 100 valence electrons. The number of hydrogen-bond donors (Lipinski definition) is 0. The first-order chi connectivity index (χ1) is 9.72. The van der Waals surface area contributed by atoms with Crippen molar-refractivity contribution in [2.45, 2.75) is 0 Å². The first-order valence-corrected chi connectivity index (χ1v) is 6.16. The van der Waals surface area contributed by atoms with Gasteiger partial charge in [0.15, 0.2) is 0 Å². The van der Waals surface area contributed by atoms with Crippen molar-refractivity contribution >= 4 is 5.91 Å². The van der Waals surface area contributed by atoms with Crippen LogP contribution in [-0.4, -0.2) is 24.4 Å². The molecule has 0 bridgehead atoms. The van der Waals surface area contributed by atoms with Crippen LogP contribution in [0, 0.1) is 11.3 Å². The second kappa shape index (κ2) is 6.39. The molecule has 0 atom stereocenters. The Labute approximate surface area is 117 Å². The molecule has 0 aliphatic heterocycles. The smallest absolute Gasteiger partial charge is 0.258 e. The Morgan fingerprint density at radius 1 is 1.15 bits per heavy atom. The highest BCUT2D eigenvalue weighted by Crippen LogP contribution is 2.25. The summed E-state index contributed by atoms with van der Waals surface area (Å²) in [5.41, 5.74) is 0.439. The van der Waals surface area contributed by atoms with Gasteiger partial charge in [0.05, 0.1) is 11.6 Å². The van der Waals surface area contributed by atoms with Crippen molar-refractivity contribution in [1.29, 1.82) is 5.26 Å². The van der Waals surface area contributed by atoms with Crippen LogP contribution in [0.5, 0.6) is 11.5 Å². The number of rotatable bonds is 4. The third-order valence-electron chi connectivity index (χ3n) is 2.74. The molecule has 2 aromatic carbocycles. The van der Waals surface area contributed by atoms with Gasteiger partial charge in [-0.2, -0.15) is 5.26 Å². The Balaban J connectivity index is 2.27. The van der Waals surface area contributed by atoms with Gasteiger partial charge >= 0.3 is 0 Å². The number of carbonyl (C=O) groups is 1. The van der Waals surface area contributed by atoms with Gasteiger partial charge < -0.3 is 9.64 Å². The van der Waals surface area contributed by atoms with E-state index in [2.05, 4.69) is 0 Å². The number of benzene rings is 2. The van der Waals surface area contributed by atoms with Crippen LogP contribution in [0.1, 0.15) is 10.4 Å². The molecule has 0 saturated carbocycles. The number of amides is 1. The third kappa shape index (κ3) is 3.15. The summed E-state index contributed by atoms with van der Waals surface area (Å²) in [6.07, 6.45) is 0. The number of hydrogen-bond acceptors (Lipinski definition) is 3. The van der Waals surface area contributed by atoms with Crippen LogP contribution in [0.15, 0.2) is 54.6 Å². The van der Waals surface area contributed by atoms with Crippen LogP contribution in [0.4, 0.5) is 0 Å². The van der Waals surface area contributed by atoms with Crippen LogP contribution in [-0.2, 0) is 0 Å². The lowest BCUT2D eigenvalue weighted by Crippen LogP contribution is -2.27. The van der Waals surface area contributed by atoms with Gasteiger partial charge in [-0.25, -0.2) is 0 Å². The fourth-order valence-corrected chi connectivity index (χ4v) is 1.73. The van der Waals surface area contributed by atoms with Crippen LogP contribution in [0.2, 0.25) is 0 Å². The fraction of sp³-hybridized carbons (Fsp3) is 0.125. The quantitative estimate of drug-likeness (QED) is 0.799. The molecule has 1 amide bonds. The summed E-state index contributed by atoms with van der Waals surface area (Å²) in [6.45, 7) is 0.0402. The first-order valence-electron chi connectivity index (χ1n) is 6.16. The second-order valence-electron chi connectivity index (χ2n) is 4.23. The van der Waals surface area contributed by atoms with Crippen molar-refractivity contribution in [1.82, 2.24) is 4.90 Å². The van der Waals surface area contributed by atoms with Gasteiger partial charge in [-0.1, -0.05) is 30.3 Å². The Bertz CT molecular complexity index is 632. The molecule has 0 aliphatic carbocycles. The Kier molecular flexibility index (Phi) is 4.35. The zero-order chi connectivity index (χ0) is 14.4. The molecule has 0 heterocycles. The summed E-state index contributed by atoms with van der Waals surface area (Å²) in [6, 6.07) is 18.2. The first kappa shape index (κ1) is 13.6. The van der Waals surface area contributed by atoms with E-state index in [1.54, 1.807) is 31.3 Å². The topological polar surface area (TPSA) is 53.3 Å². The van der Waals surface area contributed by atoms with Gasteiger partial charge in [0, 0.05) is 7.05 Å². The van der Waals surface area contributed by atoms with Gasteiger partial charge in [-0.05, 0) is 24.3 Å². The molecule has 0 aromatic heterocycles. The molecule has 0 spiro atoms. The SMILES string of the molecule is CN(CC#N)C(=O)c1ccccc1Oc1ccccc1. The number of nitriles is 1. The molecule has 20 heavy (non-hydrogen) atoms. The highest BCUT2D eigenvalue weighted by molar-refractivity contribution is 5.97. The van der Waals surface area contributed by atoms with Gasteiger partial charge in [0.25, 0.3) is 5.91 Å². The maximum absolute atomic E-state index is 12.2. The number of ether oxygens (including phenoxy) is 1. The Morgan fingerprint density at radius 2 is 1.80 bits per heavy atom. The predicted molar refractivity (Wildman–Crippen MR) is 75.5 cm³/mol. The van der Waals surface area contributed by atoms with E-state index in [1.807, 2.05) is 36.4 Å². The monoisotopic (exact) mass is 266 g/mol. The number of nitrogens with zero attached hydrogens (tertiary/aromatic N) is 2. The van der Waals surface area contributed by atoms with E-state index in [9.17, 15) is 4.79 Å². The van der Waals surface area contributed by atoms with Crippen LogP contribution in [0.3, 0.4) is 0 Å². The van der Waals surface area contributed by atoms with Crippen molar-refractivity contribution in [2.24, 2.45) is 0 Å². The molecule has 4 heteroatoms. The van der Waals surface area contributed by atoms with Crippen molar-refractivity contribution in [3.63, 3.8) is 0 Å². The summed E-state index contributed by atoms with van der Waals surface area (Å²) in [5, 5.41) is 8.66. The van der Waals surface area contributed by atoms with Crippen molar-refractivity contribution in [2.75, 3.05) is 13.6 Å². The summed E-state index contributed by atoms with van der Waals surface area (Å²) in [7, 11) is 1.59. The maximum Gasteiger partial charge on any atom is 0.258 e. The van der Waals surface area contributed by atoms with E-state index < -0.39 is 0 Å². The minimum absolute atomic E-state index is 0.0402. The molecule has 0 aliphatic rings. The molecule has 0 fully saturated rings. The van der Waals surface area contributed by atoms with Crippen molar-refractivity contribution in [3.8, 4) is 17.6 Å². The Morgan fingerprint density at radius 3 is 2.50 bits per heavy atom. The average molecular weight is 266 g/mol. The highest BCUT2D eigenvalue weighted by Gasteiger charge is 2.16. The van der Waals surface area contributed by atoms with Crippen LogP contribution < -0.4 is 4.74 Å². The number of carbonyl (C=O) groups excluding carboxylic acids is 1. The number of para-hydroxylation sites is 2. The van der Waals surface area contributed by atoms with Crippen molar-refractivity contribution in [3.05, 3.63) is 60.2 Å². The summed E-state index contributed by atoms with van der Waals surface area (Å²) in [5.74, 6) is 0.905. The molecule has 2 aromatic rings. The zero-order valence-corrected chi connectivity index (χ0v) is 11.1. The molecular weight excluding hydrogens is 252 g/mol. The van der Waals surface area contributed by atoms with Crippen molar-refractivity contribution < 1.29 is 9.53 Å². The average Bonchev–Trinajstić information content (AvgIpc) is 2.48. The van der Waals surface area contributed by atoms with Gasteiger partial charge in [0.2, 0.25) is 0 Å². The van der Waals surface area contributed by atoms with Gasteiger partial charge in [-0.3, -0.25) is 4.79 Å². The van der Waals surface area contributed by atoms with E-state index in [0.29, 0.717) is 17.1 Å². The lowest BCUT2D eigenvalue weighted by Gasteiger charge is -2.16. The minimum Gasteiger partial charge on any atom is -0.457 e. The second-order valence-corrected chi connectivity index (χ2v) is 4.23. The molecule has 0 unspecified atom stereocenters. The lowest BCUT2D eigenvalue weighted by molar-refractivity contribution is 0.0809. The minimum atomic E-state index is -0.238. The van der Waals surface area contributed by atoms with Crippen LogP contribution >= 0.6 is 0 Å². The standard InChI is InChI=1S/C16H14N2O2/c1-18(12-11-17)16(19)14-9-5-6-10-15(14)20-13-7-3-2-4-8-13/h2-10H,12H2,1H3. The summed E-state index contributed by atoms with van der Waals surface area (Å²) < 4.78 is 5.73.